The molecule has 0 saturated carbocycles. The van der Waals surface area contributed by atoms with E-state index in [9.17, 15) is 4.79 Å². The SMILES string of the molecule is CN(C)c1ccc(/C=C2/S/C(=N\N=C/c3ccccc3)NC2=O)cc1. The van der Waals surface area contributed by atoms with Crippen molar-refractivity contribution in [2.45, 2.75) is 0 Å². The quantitative estimate of drug-likeness (QED) is 0.523. The van der Waals surface area contributed by atoms with Crippen molar-refractivity contribution in [2.24, 2.45) is 10.2 Å². The van der Waals surface area contributed by atoms with Gasteiger partial charge in [-0.15, -0.1) is 5.10 Å². The Hall–Kier alpha value is -2.86. The molecular weight excluding hydrogens is 332 g/mol. The number of nitrogens with zero attached hydrogens (tertiary/aromatic N) is 3. The molecule has 3 rings (SSSR count). The van der Waals surface area contributed by atoms with Gasteiger partial charge < -0.3 is 4.90 Å². The first-order chi connectivity index (χ1) is 12.1. The van der Waals surface area contributed by atoms with Crippen molar-refractivity contribution < 1.29 is 4.79 Å². The second-order valence-electron chi connectivity index (χ2n) is 5.61. The van der Waals surface area contributed by atoms with Gasteiger partial charge in [-0.1, -0.05) is 42.5 Å². The fourth-order valence-corrected chi connectivity index (χ4v) is 2.96. The minimum Gasteiger partial charge on any atom is -0.378 e. The summed E-state index contributed by atoms with van der Waals surface area (Å²) in [5, 5.41) is 11.3. The zero-order valence-electron chi connectivity index (χ0n) is 14.0. The van der Waals surface area contributed by atoms with Crippen LogP contribution in [0, 0.1) is 0 Å². The summed E-state index contributed by atoms with van der Waals surface area (Å²) in [5.41, 5.74) is 3.04. The number of hydrogen-bond donors (Lipinski definition) is 1. The summed E-state index contributed by atoms with van der Waals surface area (Å²) in [7, 11) is 3.99. The number of hydrogen-bond acceptors (Lipinski definition) is 5. The predicted octanol–water partition coefficient (Wildman–Crippen LogP) is 3.35. The highest BCUT2D eigenvalue weighted by molar-refractivity contribution is 8.18. The molecule has 1 aliphatic heterocycles. The van der Waals surface area contributed by atoms with Crippen LogP contribution in [0.25, 0.3) is 6.08 Å². The average Bonchev–Trinajstić information content (AvgIpc) is 2.96. The van der Waals surface area contributed by atoms with E-state index >= 15 is 0 Å². The molecule has 0 spiro atoms. The number of amides is 1. The molecule has 126 valence electrons. The number of amidine groups is 1. The molecule has 5 nitrogen and oxygen atoms in total. The van der Waals surface area contributed by atoms with E-state index in [0.717, 1.165) is 16.8 Å². The molecule has 0 radical (unpaired) electrons. The molecule has 0 aliphatic carbocycles. The van der Waals surface area contributed by atoms with E-state index in [4.69, 9.17) is 0 Å². The number of benzene rings is 2. The Balaban J connectivity index is 1.69. The molecular formula is C19H18N4OS. The molecule has 2 aromatic rings. The Kier molecular flexibility index (Phi) is 5.30. The Bertz CT molecular complexity index is 839. The van der Waals surface area contributed by atoms with Crippen LogP contribution in [-0.4, -0.2) is 31.4 Å². The largest absolute Gasteiger partial charge is 0.378 e. The van der Waals surface area contributed by atoms with E-state index in [2.05, 4.69) is 15.5 Å². The van der Waals surface area contributed by atoms with Gasteiger partial charge >= 0.3 is 0 Å². The fourth-order valence-electron chi connectivity index (χ4n) is 2.18. The number of anilines is 1. The molecule has 1 fully saturated rings. The number of thioether (sulfide) groups is 1. The molecule has 1 amide bonds. The maximum absolute atomic E-state index is 12.1. The van der Waals surface area contributed by atoms with Crippen LogP contribution >= 0.6 is 11.8 Å². The van der Waals surface area contributed by atoms with Gasteiger partial charge in [0.2, 0.25) is 0 Å². The minimum absolute atomic E-state index is 0.157. The van der Waals surface area contributed by atoms with Gasteiger partial charge in [0.15, 0.2) is 5.17 Å². The maximum atomic E-state index is 12.1. The monoisotopic (exact) mass is 350 g/mol. The van der Waals surface area contributed by atoms with Gasteiger partial charge in [0, 0.05) is 19.8 Å². The summed E-state index contributed by atoms with van der Waals surface area (Å²) in [6, 6.07) is 17.7. The number of carbonyl (C=O) groups excluding carboxylic acids is 1. The smallest absolute Gasteiger partial charge is 0.264 e. The lowest BCUT2D eigenvalue weighted by molar-refractivity contribution is -0.115. The van der Waals surface area contributed by atoms with E-state index in [1.54, 1.807) is 6.21 Å². The Morgan fingerprint density at radius 2 is 1.72 bits per heavy atom. The van der Waals surface area contributed by atoms with Gasteiger partial charge in [0.05, 0.1) is 11.1 Å². The molecule has 1 heterocycles. The molecule has 1 aliphatic rings. The highest BCUT2D eigenvalue weighted by Gasteiger charge is 2.23. The van der Waals surface area contributed by atoms with Crippen molar-refractivity contribution in [3.8, 4) is 0 Å². The molecule has 6 heteroatoms. The third kappa shape index (κ3) is 4.58. The molecule has 25 heavy (non-hydrogen) atoms. The van der Waals surface area contributed by atoms with Gasteiger partial charge in [-0.05, 0) is 41.1 Å². The van der Waals surface area contributed by atoms with Crippen LogP contribution < -0.4 is 10.2 Å². The van der Waals surface area contributed by atoms with Crippen molar-refractivity contribution in [2.75, 3.05) is 19.0 Å². The minimum atomic E-state index is -0.157. The van der Waals surface area contributed by atoms with Crippen molar-refractivity contribution >= 4 is 40.8 Å². The van der Waals surface area contributed by atoms with Crippen molar-refractivity contribution in [1.82, 2.24) is 5.32 Å². The first kappa shape index (κ1) is 17.0. The van der Waals surface area contributed by atoms with E-state index in [-0.39, 0.29) is 5.91 Å². The highest BCUT2D eigenvalue weighted by atomic mass is 32.2. The van der Waals surface area contributed by atoms with Gasteiger partial charge in [-0.3, -0.25) is 10.1 Å². The Morgan fingerprint density at radius 1 is 1.00 bits per heavy atom. The topological polar surface area (TPSA) is 57.1 Å². The van der Waals surface area contributed by atoms with E-state index in [0.29, 0.717) is 10.1 Å². The average molecular weight is 350 g/mol. The van der Waals surface area contributed by atoms with Crippen LogP contribution in [0.4, 0.5) is 5.69 Å². The number of rotatable bonds is 4. The first-order valence-corrected chi connectivity index (χ1v) is 8.58. The zero-order valence-corrected chi connectivity index (χ0v) is 14.8. The lowest BCUT2D eigenvalue weighted by Gasteiger charge is -2.11. The van der Waals surface area contributed by atoms with Gasteiger partial charge in [-0.25, -0.2) is 0 Å². The molecule has 0 bridgehead atoms. The molecule has 0 unspecified atom stereocenters. The van der Waals surface area contributed by atoms with Gasteiger partial charge in [0.1, 0.15) is 0 Å². The molecule has 2 aromatic carbocycles. The van der Waals surface area contributed by atoms with Crippen LogP contribution in [0.5, 0.6) is 0 Å². The predicted molar refractivity (Wildman–Crippen MR) is 106 cm³/mol. The second kappa shape index (κ2) is 7.81. The highest BCUT2D eigenvalue weighted by Crippen LogP contribution is 2.26. The summed E-state index contributed by atoms with van der Waals surface area (Å²) in [5.74, 6) is -0.157. The van der Waals surface area contributed by atoms with Crippen LogP contribution in [0.15, 0.2) is 69.7 Å². The van der Waals surface area contributed by atoms with Crippen molar-refractivity contribution in [1.29, 1.82) is 0 Å². The standard InChI is InChI=1S/C19H18N4OS/c1-23(2)16-10-8-14(9-11-16)12-17-18(24)21-19(25-17)22-20-13-15-6-4-3-5-7-15/h3-13H,1-2H3,(H,21,22,24)/b17-12+,20-13-. The summed E-state index contributed by atoms with van der Waals surface area (Å²) in [4.78, 5) is 14.7. The second-order valence-corrected chi connectivity index (χ2v) is 6.64. The van der Waals surface area contributed by atoms with Gasteiger partial charge in [-0.2, -0.15) is 5.10 Å². The van der Waals surface area contributed by atoms with Crippen molar-refractivity contribution in [3.05, 3.63) is 70.6 Å². The molecule has 1 N–H and O–H groups in total. The normalized spacial score (nSPS) is 17.4. The van der Waals surface area contributed by atoms with Crippen LogP contribution in [0.3, 0.4) is 0 Å². The lowest BCUT2D eigenvalue weighted by Crippen LogP contribution is -2.19. The third-order valence-electron chi connectivity index (χ3n) is 3.51. The Morgan fingerprint density at radius 3 is 2.40 bits per heavy atom. The summed E-state index contributed by atoms with van der Waals surface area (Å²) >= 11 is 1.29. The summed E-state index contributed by atoms with van der Waals surface area (Å²) in [6.07, 6.45) is 3.50. The van der Waals surface area contributed by atoms with Crippen molar-refractivity contribution in [3.63, 3.8) is 0 Å². The van der Waals surface area contributed by atoms with E-state index < -0.39 is 0 Å². The van der Waals surface area contributed by atoms with E-state index in [1.165, 1.54) is 11.8 Å². The number of carbonyl (C=O) groups is 1. The Labute approximate surface area is 151 Å². The maximum Gasteiger partial charge on any atom is 0.264 e. The third-order valence-corrected chi connectivity index (χ3v) is 4.41. The zero-order chi connectivity index (χ0) is 17.6. The summed E-state index contributed by atoms with van der Waals surface area (Å²) < 4.78 is 0. The summed E-state index contributed by atoms with van der Waals surface area (Å²) in [6.45, 7) is 0. The number of nitrogens with one attached hydrogen (secondary N) is 1. The molecule has 0 atom stereocenters. The molecule has 0 aromatic heterocycles. The lowest BCUT2D eigenvalue weighted by atomic mass is 10.2. The van der Waals surface area contributed by atoms with E-state index in [1.807, 2.05) is 79.7 Å². The molecule has 1 saturated heterocycles. The fraction of sp³-hybridized carbons (Fsp3) is 0.105. The first-order valence-electron chi connectivity index (χ1n) is 7.76. The van der Waals surface area contributed by atoms with Crippen LogP contribution in [-0.2, 0) is 4.79 Å². The van der Waals surface area contributed by atoms with Gasteiger partial charge in [0.25, 0.3) is 5.91 Å². The van der Waals surface area contributed by atoms with Crippen LogP contribution in [0.2, 0.25) is 0 Å². The van der Waals surface area contributed by atoms with Crippen LogP contribution in [0.1, 0.15) is 11.1 Å².